The first kappa shape index (κ1) is 14.7. The average molecular weight is 361 g/mol. The van der Waals surface area contributed by atoms with Gasteiger partial charge in [0.25, 0.3) is 0 Å². The summed E-state index contributed by atoms with van der Waals surface area (Å²) in [5, 5.41) is 0. The molecule has 1 spiro atoms. The molecular formula is C15H18BrFO2S. The molecule has 2 saturated heterocycles. The van der Waals surface area contributed by atoms with Gasteiger partial charge in [-0.2, -0.15) is 11.8 Å². The first-order valence-corrected chi connectivity index (χ1v) is 8.95. The number of halogens is 2. The molecule has 1 unspecified atom stereocenters. The zero-order valence-electron chi connectivity index (χ0n) is 11.2. The van der Waals surface area contributed by atoms with E-state index in [-0.39, 0.29) is 17.5 Å². The highest BCUT2D eigenvalue weighted by Gasteiger charge is 2.39. The van der Waals surface area contributed by atoms with E-state index in [9.17, 15) is 4.39 Å². The second-order valence-corrected chi connectivity index (χ2v) is 7.53. The van der Waals surface area contributed by atoms with Crippen molar-refractivity contribution in [1.29, 1.82) is 0 Å². The number of hydrogen-bond donors (Lipinski definition) is 0. The zero-order valence-corrected chi connectivity index (χ0v) is 13.6. The summed E-state index contributed by atoms with van der Waals surface area (Å²) in [5.74, 6) is 2.82. The van der Waals surface area contributed by atoms with Crippen LogP contribution in [0, 0.1) is 5.82 Å². The zero-order chi connectivity index (χ0) is 14.0. The molecule has 0 amide bonds. The fourth-order valence-electron chi connectivity index (χ4n) is 2.93. The highest BCUT2D eigenvalue weighted by Crippen LogP contribution is 2.39. The second kappa shape index (κ2) is 6.24. The molecule has 2 nitrogen and oxygen atoms in total. The summed E-state index contributed by atoms with van der Waals surface area (Å²) in [4.78, 5) is 0. The highest BCUT2D eigenvalue weighted by atomic mass is 79.9. The molecule has 0 aromatic heterocycles. The Bertz CT molecular complexity index is 471. The van der Waals surface area contributed by atoms with Crippen LogP contribution >= 0.6 is 27.7 Å². The van der Waals surface area contributed by atoms with Crippen LogP contribution < -0.4 is 4.74 Å². The quantitative estimate of drug-likeness (QED) is 0.777. The molecule has 0 saturated carbocycles. The fraction of sp³-hybridized carbons (Fsp3) is 0.600. The largest absolute Gasteiger partial charge is 0.489 e. The molecule has 0 radical (unpaired) electrons. The number of hydrogen-bond acceptors (Lipinski definition) is 3. The number of ether oxygens (including phenoxy) is 2. The van der Waals surface area contributed by atoms with Crippen LogP contribution in [0.25, 0.3) is 0 Å². The monoisotopic (exact) mass is 360 g/mol. The third-order valence-corrected chi connectivity index (χ3v) is 5.64. The third-order valence-electron chi connectivity index (χ3n) is 4.04. The van der Waals surface area contributed by atoms with Gasteiger partial charge >= 0.3 is 0 Å². The summed E-state index contributed by atoms with van der Waals surface area (Å²) in [6.07, 6.45) is 4.23. The molecule has 1 aromatic rings. The van der Waals surface area contributed by atoms with E-state index in [1.165, 1.54) is 23.6 Å². The molecular weight excluding hydrogens is 343 g/mol. The Balaban J connectivity index is 1.68. The van der Waals surface area contributed by atoms with Gasteiger partial charge in [0.05, 0.1) is 16.7 Å². The Morgan fingerprint density at radius 1 is 1.35 bits per heavy atom. The van der Waals surface area contributed by atoms with Crippen molar-refractivity contribution >= 4 is 27.7 Å². The van der Waals surface area contributed by atoms with E-state index >= 15 is 0 Å². The maximum absolute atomic E-state index is 13.1. The molecule has 2 aliphatic rings. The summed E-state index contributed by atoms with van der Waals surface area (Å²) < 4.78 is 25.9. The van der Waals surface area contributed by atoms with Crippen LogP contribution in [0.15, 0.2) is 22.7 Å². The van der Waals surface area contributed by atoms with E-state index < -0.39 is 0 Å². The predicted octanol–water partition coefficient (Wildman–Crippen LogP) is 4.41. The normalized spacial score (nSPS) is 25.6. The summed E-state index contributed by atoms with van der Waals surface area (Å²) >= 11 is 5.36. The second-order valence-electron chi connectivity index (χ2n) is 5.45. The van der Waals surface area contributed by atoms with Crippen LogP contribution in [0.4, 0.5) is 4.39 Å². The smallest absolute Gasteiger partial charge is 0.134 e. The average Bonchev–Trinajstić information content (AvgIpc) is 2.43. The highest BCUT2D eigenvalue weighted by molar-refractivity contribution is 9.10. The number of thioether (sulfide) groups is 1. The van der Waals surface area contributed by atoms with Crippen LogP contribution in [0.1, 0.15) is 25.7 Å². The van der Waals surface area contributed by atoms with Crippen molar-refractivity contribution in [1.82, 2.24) is 0 Å². The molecule has 3 rings (SSSR count). The topological polar surface area (TPSA) is 18.5 Å². The minimum atomic E-state index is -0.253. The lowest BCUT2D eigenvalue weighted by atomic mass is 9.86. The van der Waals surface area contributed by atoms with Crippen molar-refractivity contribution in [3.8, 4) is 5.75 Å². The first-order valence-electron chi connectivity index (χ1n) is 7.00. The first-order chi connectivity index (χ1) is 9.67. The predicted molar refractivity (Wildman–Crippen MR) is 83.0 cm³/mol. The molecule has 5 heteroatoms. The van der Waals surface area contributed by atoms with Crippen molar-refractivity contribution in [2.24, 2.45) is 0 Å². The Kier molecular flexibility index (Phi) is 4.58. The van der Waals surface area contributed by atoms with Crippen LogP contribution in [0.2, 0.25) is 0 Å². The van der Waals surface area contributed by atoms with Gasteiger partial charge in [0.2, 0.25) is 0 Å². The lowest BCUT2D eigenvalue weighted by Gasteiger charge is -2.43. The summed E-state index contributed by atoms with van der Waals surface area (Å²) in [6.45, 7) is 0.758. The lowest BCUT2D eigenvalue weighted by Crippen LogP contribution is -2.46. The van der Waals surface area contributed by atoms with E-state index in [0.717, 1.165) is 38.0 Å². The molecule has 20 heavy (non-hydrogen) atoms. The van der Waals surface area contributed by atoms with Crippen molar-refractivity contribution in [2.45, 2.75) is 37.4 Å². The molecule has 0 bridgehead atoms. The van der Waals surface area contributed by atoms with Crippen LogP contribution in [0.5, 0.6) is 5.75 Å². The van der Waals surface area contributed by atoms with Gasteiger partial charge in [-0.1, -0.05) is 0 Å². The molecule has 2 aliphatic heterocycles. The maximum atomic E-state index is 13.1. The fourth-order valence-corrected chi connectivity index (χ4v) is 4.61. The molecule has 2 heterocycles. The van der Waals surface area contributed by atoms with E-state index in [0.29, 0.717) is 4.47 Å². The van der Waals surface area contributed by atoms with Gasteiger partial charge < -0.3 is 9.47 Å². The van der Waals surface area contributed by atoms with Gasteiger partial charge in [0.1, 0.15) is 17.7 Å². The van der Waals surface area contributed by atoms with Gasteiger partial charge in [-0.25, -0.2) is 4.39 Å². The summed E-state index contributed by atoms with van der Waals surface area (Å²) in [7, 11) is 0. The van der Waals surface area contributed by atoms with Gasteiger partial charge in [0.15, 0.2) is 0 Å². The standard InChI is InChI=1S/C15H18BrFO2S/c16-13-9-11(17)1-2-14(13)19-12-3-6-18-15(10-12)4-7-20-8-5-15/h1-2,9,12H,3-8,10H2. The van der Waals surface area contributed by atoms with Crippen LogP contribution in [-0.4, -0.2) is 29.8 Å². The van der Waals surface area contributed by atoms with Crippen LogP contribution in [-0.2, 0) is 4.74 Å². The molecule has 2 fully saturated rings. The SMILES string of the molecule is Fc1ccc(OC2CCOC3(CCSCC3)C2)c(Br)c1. The molecule has 1 aromatic carbocycles. The molecule has 1 atom stereocenters. The van der Waals surface area contributed by atoms with Gasteiger partial charge in [0, 0.05) is 12.8 Å². The molecule has 110 valence electrons. The van der Waals surface area contributed by atoms with E-state index in [4.69, 9.17) is 9.47 Å². The molecule has 0 N–H and O–H groups in total. The van der Waals surface area contributed by atoms with Crippen molar-refractivity contribution in [2.75, 3.05) is 18.1 Å². The van der Waals surface area contributed by atoms with Gasteiger partial charge in [-0.05, 0) is 58.5 Å². The van der Waals surface area contributed by atoms with Crippen molar-refractivity contribution < 1.29 is 13.9 Å². The van der Waals surface area contributed by atoms with E-state index in [1.54, 1.807) is 6.07 Å². The van der Waals surface area contributed by atoms with E-state index in [2.05, 4.69) is 15.9 Å². The van der Waals surface area contributed by atoms with E-state index in [1.807, 2.05) is 11.8 Å². The van der Waals surface area contributed by atoms with Gasteiger partial charge in [-0.15, -0.1) is 0 Å². The van der Waals surface area contributed by atoms with Gasteiger partial charge in [-0.3, -0.25) is 0 Å². The number of rotatable bonds is 2. The minimum absolute atomic E-state index is 0.0146. The summed E-state index contributed by atoms with van der Waals surface area (Å²) in [6, 6.07) is 4.58. The van der Waals surface area contributed by atoms with Crippen molar-refractivity contribution in [3.63, 3.8) is 0 Å². The third kappa shape index (κ3) is 3.31. The minimum Gasteiger partial charge on any atom is -0.489 e. The Morgan fingerprint density at radius 2 is 2.15 bits per heavy atom. The lowest BCUT2D eigenvalue weighted by molar-refractivity contribution is -0.116. The Morgan fingerprint density at radius 3 is 2.90 bits per heavy atom. The van der Waals surface area contributed by atoms with Crippen LogP contribution in [0.3, 0.4) is 0 Å². The summed E-state index contributed by atoms with van der Waals surface area (Å²) in [5.41, 5.74) is 0.0146. The maximum Gasteiger partial charge on any atom is 0.134 e. The Labute approximate surface area is 131 Å². The molecule has 0 aliphatic carbocycles. The number of benzene rings is 1. The Hall–Kier alpha value is -0.260. The van der Waals surface area contributed by atoms with Crippen molar-refractivity contribution in [3.05, 3.63) is 28.5 Å².